The molecule has 0 heterocycles. The van der Waals surface area contributed by atoms with E-state index in [2.05, 4.69) is 4.72 Å². The van der Waals surface area contributed by atoms with Crippen molar-refractivity contribution < 1.29 is 8.42 Å². The molecule has 2 rings (SSSR count). The summed E-state index contributed by atoms with van der Waals surface area (Å²) in [4.78, 5) is 0.244. The van der Waals surface area contributed by atoms with Crippen molar-refractivity contribution in [2.75, 3.05) is 0 Å². The maximum Gasteiger partial charge on any atom is 0.240 e. The van der Waals surface area contributed by atoms with Crippen LogP contribution in [0.25, 0.3) is 0 Å². The van der Waals surface area contributed by atoms with Crippen LogP contribution in [0.5, 0.6) is 0 Å². The second-order valence-corrected chi connectivity index (χ2v) is 6.43. The molecule has 0 amide bonds. The van der Waals surface area contributed by atoms with Gasteiger partial charge in [0.25, 0.3) is 0 Å². The zero-order valence-electron chi connectivity index (χ0n) is 11.3. The van der Waals surface area contributed by atoms with Gasteiger partial charge in [-0.05, 0) is 30.2 Å². The zero-order chi connectivity index (χ0) is 14.6. The van der Waals surface area contributed by atoms with Gasteiger partial charge in [-0.15, -0.1) is 0 Å². The number of sulfonamides is 1. The summed E-state index contributed by atoms with van der Waals surface area (Å²) in [6.07, 6.45) is 0. The van der Waals surface area contributed by atoms with Crippen molar-refractivity contribution in [3.8, 4) is 0 Å². The number of aryl methyl sites for hydroxylation is 1. The normalized spacial score (nSPS) is 11.5. The van der Waals surface area contributed by atoms with Crippen LogP contribution in [-0.4, -0.2) is 8.42 Å². The van der Waals surface area contributed by atoms with Crippen molar-refractivity contribution in [1.82, 2.24) is 4.72 Å². The van der Waals surface area contributed by atoms with Crippen LogP contribution in [0.1, 0.15) is 16.7 Å². The number of nitrogens with one attached hydrogen (secondary N) is 1. The molecule has 0 atom stereocenters. The molecule has 5 heteroatoms. The molecule has 0 aliphatic carbocycles. The Labute approximate surface area is 119 Å². The van der Waals surface area contributed by atoms with Crippen LogP contribution >= 0.6 is 0 Å². The molecule has 0 unspecified atom stereocenters. The first-order valence-corrected chi connectivity index (χ1v) is 7.84. The summed E-state index contributed by atoms with van der Waals surface area (Å²) in [6, 6.07) is 14.4. The predicted octanol–water partition coefficient (Wildman–Crippen LogP) is 1.93. The van der Waals surface area contributed by atoms with E-state index in [4.69, 9.17) is 5.73 Å². The van der Waals surface area contributed by atoms with Crippen LogP contribution in [0.2, 0.25) is 0 Å². The van der Waals surface area contributed by atoms with Crippen molar-refractivity contribution in [2.24, 2.45) is 5.73 Å². The van der Waals surface area contributed by atoms with Crippen LogP contribution in [0.4, 0.5) is 0 Å². The van der Waals surface area contributed by atoms with E-state index in [0.29, 0.717) is 6.54 Å². The molecule has 0 saturated heterocycles. The van der Waals surface area contributed by atoms with E-state index in [9.17, 15) is 8.42 Å². The monoisotopic (exact) mass is 290 g/mol. The maximum absolute atomic E-state index is 12.2. The van der Waals surface area contributed by atoms with Crippen molar-refractivity contribution in [3.05, 3.63) is 65.2 Å². The Hall–Kier alpha value is -1.69. The summed E-state index contributed by atoms with van der Waals surface area (Å²) in [7, 11) is -3.51. The molecule has 3 N–H and O–H groups in total. The van der Waals surface area contributed by atoms with Crippen molar-refractivity contribution in [2.45, 2.75) is 24.9 Å². The third kappa shape index (κ3) is 3.66. The third-order valence-corrected chi connectivity index (χ3v) is 4.39. The Balaban J connectivity index is 2.15. The number of rotatable bonds is 5. The minimum atomic E-state index is -3.51. The largest absolute Gasteiger partial charge is 0.326 e. The topological polar surface area (TPSA) is 72.2 Å². The number of benzene rings is 2. The minimum absolute atomic E-state index is 0.244. The summed E-state index contributed by atoms with van der Waals surface area (Å²) >= 11 is 0. The van der Waals surface area contributed by atoms with Crippen molar-refractivity contribution >= 4 is 10.0 Å². The number of hydrogen-bond donors (Lipinski definition) is 2. The highest BCUT2D eigenvalue weighted by Gasteiger charge is 2.13. The van der Waals surface area contributed by atoms with E-state index < -0.39 is 10.0 Å². The summed E-state index contributed by atoms with van der Waals surface area (Å²) in [5.41, 5.74) is 8.36. The fourth-order valence-corrected chi connectivity index (χ4v) is 3.01. The molecular formula is C15H18N2O2S. The number of hydrogen-bond acceptors (Lipinski definition) is 3. The second kappa shape index (κ2) is 6.17. The Morgan fingerprint density at radius 1 is 1.05 bits per heavy atom. The molecule has 106 valence electrons. The van der Waals surface area contributed by atoms with E-state index in [-0.39, 0.29) is 11.4 Å². The van der Waals surface area contributed by atoms with Gasteiger partial charge in [0.05, 0.1) is 4.90 Å². The van der Waals surface area contributed by atoms with Crippen LogP contribution in [0, 0.1) is 6.92 Å². The molecule has 0 saturated carbocycles. The van der Waals surface area contributed by atoms with E-state index >= 15 is 0 Å². The van der Waals surface area contributed by atoms with Crippen molar-refractivity contribution in [3.63, 3.8) is 0 Å². The average Bonchev–Trinajstić information content (AvgIpc) is 2.45. The fourth-order valence-electron chi connectivity index (χ4n) is 1.92. The molecule has 20 heavy (non-hydrogen) atoms. The van der Waals surface area contributed by atoms with Gasteiger partial charge in [0, 0.05) is 13.1 Å². The average molecular weight is 290 g/mol. The lowest BCUT2D eigenvalue weighted by Crippen LogP contribution is -2.23. The van der Waals surface area contributed by atoms with Gasteiger partial charge < -0.3 is 5.73 Å². The molecule has 0 spiro atoms. The van der Waals surface area contributed by atoms with Gasteiger partial charge in [-0.2, -0.15) is 0 Å². The molecule has 4 nitrogen and oxygen atoms in total. The smallest absolute Gasteiger partial charge is 0.240 e. The van der Waals surface area contributed by atoms with Gasteiger partial charge in [0.2, 0.25) is 10.0 Å². The molecule has 0 bridgehead atoms. The molecule has 0 aliphatic rings. The van der Waals surface area contributed by atoms with E-state index in [0.717, 1.165) is 16.7 Å². The Kier molecular flexibility index (Phi) is 4.54. The lowest BCUT2D eigenvalue weighted by Gasteiger charge is -2.08. The highest BCUT2D eigenvalue weighted by atomic mass is 32.2. The second-order valence-electron chi connectivity index (χ2n) is 4.67. The standard InChI is InChI=1S/C15H18N2O2S/c1-12-4-2-6-14(8-12)11-17-20(18,19)15-7-3-5-13(9-15)10-16/h2-9,17H,10-11,16H2,1H3. The number of nitrogens with two attached hydrogens (primary N) is 1. The van der Waals surface area contributed by atoms with E-state index in [1.54, 1.807) is 24.3 Å². The van der Waals surface area contributed by atoms with Gasteiger partial charge in [-0.1, -0.05) is 42.0 Å². The molecule has 0 fully saturated rings. The molecule has 0 radical (unpaired) electrons. The summed E-state index contributed by atoms with van der Waals surface area (Å²) in [6.45, 7) is 2.57. The Morgan fingerprint density at radius 2 is 1.75 bits per heavy atom. The first-order chi connectivity index (χ1) is 9.51. The summed E-state index contributed by atoms with van der Waals surface area (Å²) in [5.74, 6) is 0. The molecule has 2 aromatic rings. The van der Waals surface area contributed by atoms with Gasteiger partial charge in [-0.3, -0.25) is 0 Å². The molecule has 0 aliphatic heterocycles. The molecule has 2 aromatic carbocycles. The maximum atomic E-state index is 12.2. The fraction of sp³-hybridized carbons (Fsp3) is 0.200. The Morgan fingerprint density at radius 3 is 2.45 bits per heavy atom. The molecule has 0 aromatic heterocycles. The lowest BCUT2D eigenvalue weighted by atomic mass is 10.1. The van der Waals surface area contributed by atoms with Crippen LogP contribution < -0.4 is 10.5 Å². The third-order valence-electron chi connectivity index (χ3n) is 2.99. The Bertz CT molecular complexity index is 697. The highest BCUT2D eigenvalue weighted by Crippen LogP contribution is 2.12. The van der Waals surface area contributed by atoms with Gasteiger partial charge in [-0.25, -0.2) is 13.1 Å². The zero-order valence-corrected chi connectivity index (χ0v) is 12.2. The lowest BCUT2D eigenvalue weighted by molar-refractivity contribution is 0.581. The van der Waals surface area contributed by atoms with Gasteiger partial charge >= 0.3 is 0 Å². The highest BCUT2D eigenvalue weighted by molar-refractivity contribution is 7.89. The summed E-state index contributed by atoms with van der Waals surface area (Å²) < 4.78 is 27.0. The minimum Gasteiger partial charge on any atom is -0.326 e. The first kappa shape index (κ1) is 14.7. The van der Waals surface area contributed by atoms with E-state index in [1.165, 1.54) is 0 Å². The van der Waals surface area contributed by atoms with Crippen LogP contribution in [-0.2, 0) is 23.1 Å². The van der Waals surface area contributed by atoms with Crippen LogP contribution in [0.15, 0.2) is 53.4 Å². The van der Waals surface area contributed by atoms with Crippen LogP contribution in [0.3, 0.4) is 0 Å². The summed E-state index contributed by atoms with van der Waals surface area (Å²) in [5, 5.41) is 0. The first-order valence-electron chi connectivity index (χ1n) is 6.35. The van der Waals surface area contributed by atoms with Gasteiger partial charge in [0.1, 0.15) is 0 Å². The quantitative estimate of drug-likeness (QED) is 0.884. The van der Waals surface area contributed by atoms with Gasteiger partial charge in [0.15, 0.2) is 0 Å². The van der Waals surface area contributed by atoms with E-state index in [1.807, 2.05) is 31.2 Å². The molecular weight excluding hydrogens is 272 g/mol. The van der Waals surface area contributed by atoms with Crippen molar-refractivity contribution in [1.29, 1.82) is 0 Å². The predicted molar refractivity (Wildman–Crippen MR) is 79.5 cm³/mol. The SMILES string of the molecule is Cc1cccc(CNS(=O)(=O)c2cccc(CN)c2)c1.